The Morgan fingerprint density at radius 1 is 1.41 bits per heavy atom. The monoisotopic (exact) mass is 255 g/mol. The van der Waals surface area contributed by atoms with Crippen LogP contribution in [0.15, 0.2) is 24.4 Å². The summed E-state index contributed by atoms with van der Waals surface area (Å²) in [5.74, 6) is -1.61. The van der Waals surface area contributed by atoms with Crippen molar-refractivity contribution in [3.05, 3.63) is 46.5 Å². The maximum atomic E-state index is 13.5. The van der Waals surface area contributed by atoms with Gasteiger partial charge in [-0.3, -0.25) is 0 Å². The Labute approximate surface area is 102 Å². The predicted molar refractivity (Wildman–Crippen MR) is 61.8 cm³/mol. The van der Waals surface area contributed by atoms with Crippen LogP contribution in [0.25, 0.3) is 0 Å². The van der Waals surface area contributed by atoms with Crippen molar-refractivity contribution >= 4 is 11.5 Å². The molecule has 0 saturated heterocycles. The van der Waals surface area contributed by atoms with Gasteiger partial charge in [-0.2, -0.15) is 0 Å². The molecule has 0 aliphatic rings. The quantitative estimate of drug-likeness (QED) is 0.911. The van der Waals surface area contributed by atoms with Crippen molar-refractivity contribution in [2.75, 3.05) is 7.05 Å². The molecule has 6 heteroatoms. The second kappa shape index (κ2) is 5.29. The molecular formula is C11H11F2N3S. The first kappa shape index (κ1) is 12.1. The van der Waals surface area contributed by atoms with E-state index in [9.17, 15) is 8.78 Å². The number of likely N-dealkylation sites (N-methyl/N-ethyl adjacent to an activating group) is 1. The molecule has 1 heterocycles. The van der Waals surface area contributed by atoms with Crippen molar-refractivity contribution in [2.45, 2.75) is 12.5 Å². The molecule has 0 fully saturated rings. The molecule has 90 valence electrons. The van der Waals surface area contributed by atoms with Crippen molar-refractivity contribution in [2.24, 2.45) is 0 Å². The van der Waals surface area contributed by atoms with Crippen LogP contribution in [-0.2, 0) is 6.42 Å². The van der Waals surface area contributed by atoms with Gasteiger partial charge >= 0.3 is 0 Å². The Balaban J connectivity index is 2.22. The summed E-state index contributed by atoms with van der Waals surface area (Å²) < 4.78 is 30.3. The maximum absolute atomic E-state index is 13.5. The zero-order valence-corrected chi connectivity index (χ0v) is 9.97. The van der Waals surface area contributed by atoms with E-state index < -0.39 is 11.6 Å². The molecule has 0 spiro atoms. The second-order valence-electron chi connectivity index (χ2n) is 3.58. The highest BCUT2D eigenvalue weighted by Crippen LogP contribution is 2.22. The van der Waals surface area contributed by atoms with E-state index in [2.05, 4.69) is 14.9 Å². The number of nitrogens with zero attached hydrogens (tertiary/aromatic N) is 2. The zero-order valence-electron chi connectivity index (χ0n) is 9.15. The molecule has 0 aliphatic carbocycles. The van der Waals surface area contributed by atoms with E-state index in [0.717, 1.165) is 10.9 Å². The smallest absolute Gasteiger partial charge is 0.162 e. The van der Waals surface area contributed by atoms with Crippen LogP contribution in [0, 0.1) is 11.6 Å². The molecule has 1 N–H and O–H groups in total. The highest BCUT2D eigenvalue weighted by molar-refractivity contribution is 7.05. The number of halogens is 2. The van der Waals surface area contributed by atoms with Gasteiger partial charge in [-0.1, -0.05) is 16.6 Å². The molecular weight excluding hydrogens is 244 g/mol. The number of hydrogen-bond acceptors (Lipinski definition) is 4. The van der Waals surface area contributed by atoms with Crippen LogP contribution in [0.4, 0.5) is 8.78 Å². The van der Waals surface area contributed by atoms with Crippen LogP contribution >= 0.6 is 11.5 Å². The van der Waals surface area contributed by atoms with E-state index in [4.69, 9.17) is 0 Å². The standard InChI is InChI=1S/C11H11F2N3S/c1-14-9(10-6-15-16-17-10)5-7-3-2-4-8(12)11(7)13/h2-4,6,9,14H,5H2,1H3. The number of aromatic nitrogens is 2. The average molecular weight is 255 g/mol. The van der Waals surface area contributed by atoms with E-state index >= 15 is 0 Å². The average Bonchev–Trinajstić information content (AvgIpc) is 2.85. The number of rotatable bonds is 4. The first-order valence-electron chi connectivity index (χ1n) is 5.09. The second-order valence-corrected chi connectivity index (χ2v) is 4.40. The molecule has 1 aromatic heterocycles. The highest BCUT2D eigenvalue weighted by atomic mass is 32.1. The Morgan fingerprint density at radius 2 is 2.24 bits per heavy atom. The fraction of sp³-hybridized carbons (Fsp3) is 0.273. The van der Waals surface area contributed by atoms with E-state index in [1.165, 1.54) is 17.6 Å². The first-order chi connectivity index (χ1) is 8.22. The summed E-state index contributed by atoms with van der Waals surface area (Å²) in [7, 11) is 1.77. The van der Waals surface area contributed by atoms with Gasteiger partial charge in [0.05, 0.1) is 11.1 Å². The zero-order chi connectivity index (χ0) is 12.3. The Kier molecular flexibility index (Phi) is 3.75. The lowest BCUT2D eigenvalue weighted by atomic mass is 10.0. The highest BCUT2D eigenvalue weighted by Gasteiger charge is 2.16. The molecule has 3 nitrogen and oxygen atoms in total. The van der Waals surface area contributed by atoms with Gasteiger partial charge in [0.15, 0.2) is 11.6 Å². The third-order valence-corrected chi connectivity index (χ3v) is 3.30. The lowest BCUT2D eigenvalue weighted by molar-refractivity contribution is 0.488. The molecule has 1 atom stereocenters. The van der Waals surface area contributed by atoms with E-state index in [0.29, 0.717) is 12.0 Å². The summed E-state index contributed by atoms with van der Waals surface area (Å²) in [6.07, 6.45) is 1.99. The molecule has 2 rings (SSSR count). The number of hydrogen-bond donors (Lipinski definition) is 1. The Hall–Kier alpha value is -1.40. The van der Waals surface area contributed by atoms with Crippen molar-refractivity contribution in [3.8, 4) is 0 Å². The fourth-order valence-electron chi connectivity index (χ4n) is 1.60. The van der Waals surface area contributed by atoms with Crippen LogP contribution < -0.4 is 5.32 Å². The predicted octanol–water partition coefficient (Wildman–Crippen LogP) is 2.32. The molecule has 2 aromatic rings. The maximum Gasteiger partial charge on any atom is 0.162 e. The summed E-state index contributed by atoms with van der Waals surface area (Å²) in [6.45, 7) is 0. The van der Waals surface area contributed by atoms with Gasteiger partial charge in [0.2, 0.25) is 0 Å². The number of nitrogens with one attached hydrogen (secondary N) is 1. The number of benzene rings is 1. The minimum absolute atomic E-state index is 0.105. The minimum Gasteiger partial charge on any atom is -0.312 e. The van der Waals surface area contributed by atoms with Crippen LogP contribution in [0.5, 0.6) is 0 Å². The topological polar surface area (TPSA) is 37.8 Å². The van der Waals surface area contributed by atoms with Gasteiger partial charge in [-0.05, 0) is 36.6 Å². The largest absolute Gasteiger partial charge is 0.312 e. The van der Waals surface area contributed by atoms with Crippen LogP contribution in [0.2, 0.25) is 0 Å². The Morgan fingerprint density at radius 3 is 2.88 bits per heavy atom. The molecule has 0 radical (unpaired) electrons. The van der Waals surface area contributed by atoms with Gasteiger partial charge in [-0.15, -0.1) is 5.10 Å². The molecule has 1 unspecified atom stereocenters. The summed E-state index contributed by atoms with van der Waals surface area (Å²) in [5, 5.41) is 6.77. The molecule has 0 saturated carbocycles. The van der Waals surface area contributed by atoms with Crippen molar-refractivity contribution in [3.63, 3.8) is 0 Å². The first-order valence-corrected chi connectivity index (χ1v) is 5.87. The van der Waals surface area contributed by atoms with E-state index in [1.807, 2.05) is 0 Å². The van der Waals surface area contributed by atoms with E-state index in [-0.39, 0.29) is 6.04 Å². The molecule has 0 bridgehead atoms. The SMILES string of the molecule is CNC(Cc1cccc(F)c1F)c1cnns1. The van der Waals surface area contributed by atoms with Crippen molar-refractivity contribution in [1.29, 1.82) is 0 Å². The third-order valence-electron chi connectivity index (χ3n) is 2.53. The van der Waals surface area contributed by atoms with Gasteiger partial charge in [-0.25, -0.2) is 8.78 Å². The lowest BCUT2D eigenvalue weighted by Gasteiger charge is -2.14. The lowest BCUT2D eigenvalue weighted by Crippen LogP contribution is -2.18. The molecule has 1 aromatic carbocycles. The van der Waals surface area contributed by atoms with Crippen molar-refractivity contribution < 1.29 is 8.78 Å². The normalized spacial score (nSPS) is 12.6. The van der Waals surface area contributed by atoms with Gasteiger partial charge < -0.3 is 5.32 Å². The molecule has 17 heavy (non-hydrogen) atoms. The van der Waals surface area contributed by atoms with Gasteiger partial charge in [0.25, 0.3) is 0 Å². The van der Waals surface area contributed by atoms with Gasteiger partial charge in [0, 0.05) is 6.04 Å². The van der Waals surface area contributed by atoms with Crippen LogP contribution in [0.1, 0.15) is 16.5 Å². The minimum atomic E-state index is -0.820. The fourth-order valence-corrected chi connectivity index (χ4v) is 2.21. The third kappa shape index (κ3) is 2.65. The molecule has 0 amide bonds. The van der Waals surface area contributed by atoms with Crippen LogP contribution in [-0.4, -0.2) is 16.6 Å². The summed E-state index contributed by atoms with van der Waals surface area (Å²) in [5.41, 5.74) is 0.345. The van der Waals surface area contributed by atoms with Gasteiger partial charge in [0.1, 0.15) is 0 Å². The van der Waals surface area contributed by atoms with Crippen molar-refractivity contribution in [1.82, 2.24) is 14.9 Å². The van der Waals surface area contributed by atoms with E-state index in [1.54, 1.807) is 19.3 Å². The summed E-state index contributed by atoms with van der Waals surface area (Å²) >= 11 is 1.25. The summed E-state index contributed by atoms with van der Waals surface area (Å²) in [6, 6.07) is 4.09. The Bertz CT molecular complexity index is 487. The van der Waals surface area contributed by atoms with Crippen LogP contribution in [0.3, 0.4) is 0 Å². The summed E-state index contributed by atoms with van der Waals surface area (Å²) in [4.78, 5) is 0.899. The molecule has 0 aliphatic heterocycles.